The van der Waals surface area contributed by atoms with Crippen molar-refractivity contribution in [2.75, 3.05) is 0 Å². The van der Waals surface area contributed by atoms with E-state index in [-0.39, 0.29) is 10.8 Å². The van der Waals surface area contributed by atoms with E-state index in [0.717, 1.165) is 101 Å². The van der Waals surface area contributed by atoms with Crippen LogP contribution in [0.5, 0.6) is 23.0 Å². The van der Waals surface area contributed by atoms with Gasteiger partial charge in [0, 0.05) is 44.2 Å². The summed E-state index contributed by atoms with van der Waals surface area (Å²) < 4.78 is 15.0. The van der Waals surface area contributed by atoms with Gasteiger partial charge in [-0.2, -0.15) is 10.5 Å². The quantitative estimate of drug-likeness (QED) is 0.172. The first-order valence-corrected chi connectivity index (χ1v) is 29.6. The largest absolute Gasteiger partial charge is 0.456 e. The van der Waals surface area contributed by atoms with Gasteiger partial charge < -0.3 is 9.47 Å². The van der Waals surface area contributed by atoms with E-state index in [1.807, 2.05) is 42.5 Å². The molecular weight excluding hydrogens is 1040 g/mol. The minimum Gasteiger partial charge on any atom is -0.456 e. The highest BCUT2D eigenvalue weighted by molar-refractivity contribution is 5.90. The lowest BCUT2D eigenvalue weighted by Gasteiger charge is -2.50. The molecule has 406 valence electrons. The van der Waals surface area contributed by atoms with Crippen molar-refractivity contribution in [3.8, 4) is 90.8 Å². The van der Waals surface area contributed by atoms with Gasteiger partial charge in [-0.3, -0.25) is 0 Å². The minimum absolute atomic E-state index is 0.307. The third-order valence-electron chi connectivity index (χ3n) is 19.4. The highest BCUT2D eigenvalue weighted by Crippen LogP contribution is 2.66. The highest BCUT2D eigenvalue weighted by Gasteiger charge is 2.55. The average Bonchev–Trinajstić information content (AvgIpc) is 0.690. The second kappa shape index (κ2) is 18.9. The fourth-order valence-electron chi connectivity index (χ4n) is 15.4. The number of ether oxygens (including phenoxy) is 2. The summed E-state index contributed by atoms with van der Waals surface area (Å²) in [6, 6.07) is 101. The van der Waals surface area contributed by atoms with Gasteiger partial charge in [0.25, 0.3) is 0 Å². The molecule has 4 nitrogen and oxygen atoms in total. The Bertz CT molecular complexity index is 4830. The van der Waals surface area contributed by atoms with E-state index in [1.165, 1.54) is 44.5 Å². The summed E-state index contributed by atoms with van der Waals surface area (Å²) in [5, 5.41) is 19.6. The Kier molecular flexibility index (Phi) is 11.2. The van der Waals surface area contributed by atoms with Crippen LogP contribution in [0.3, 0.4) is 0 Å². The molecule has 12 aromatic carbocycles. The summed E-state index contributed by atoms with van der Waals surface area (Å²) in [6.45, 7) is 9.45. The van der Waals surface area contributed by atoms with Gasteiger partial charge in [0.05, 0.1) is 34.1 Å². The lowest BCUT2D eigenvalue weighted by Crippen LogP contribution is -2.43. The Morgan fingerprint density at radius 3 is 1.22 bits per heavy atom. The summed E-state index contributed by atoms with van der Waals surface area (Å²) in [5.41, 5.74) is 23.4. The van der Waals surface area contributed by atoms with Crippen LogP contribution in [-0.4, -0.2) is 0 Å². The number of nitrogens with zero attached hydrogens (tertiary/aromatic N) is 2. The van der Waals surface area contributed by atoms with Crippen molar-refractivity contribution in [3.63, 3.8) is 0 Å². The third-order valence-corrected chi connectivity index (χ3v) is 19.4. The van der Waals surface area contributed by atoms with Gasteiger partial charge in [-0.15, -0.1) is 0 Å². The number of nitriles is 2. The van der Waals surface area contributed by atoms with E-state index in [4.69, 9.17) is 9.47 Å². The molecule has 0 N–H and O–H groups in total. The standard InChI is InChI=1S/C82H56N2O2/c1-79(2)63-26-5-9-30-67(63)81(68-31-10-6-27-64(68)79)71-34-13-14-36-75(71)85-78-62(59-24-16-21-55(44-59)53-39-37-51(49-83)38-40-53)46-60(48-74(78)81)57-41-42-76-73(47-57)82(69-32-11-7-28-65(69)80(3,4)66-29-8-12-33-70(66)82)72-35-18-25-61(77(72)86-76)58-23-17-22-56(45-58)54-20-15-19-52(43-54)50-84/h5-48H,1-4H3. The normalized spacial score (nSPS) is 15.0. The van der Waals surface area contributed by atoms with Crippen LogP contribution < -0.4 is 9.47 Å². The Labute approximate surface area is 502 Å². The van der Waals surface area contributed by atoms with Crippen molar-refractivity contribution >= 4 is 0 Å². The monoisotopic (exact) mass is 1100 g/mol. The van der Waals surface area contributed by atoms with E-state index in [2.05, 4.69) is 264 Å². The third kappa shape index (κ3) is 7.14. The molecule has 0 amide bonds. The molecule has 0 radical (unpaired) electrons. The number of hydrogen-bond donors (Lipinski definition) is 0. The number of para-hydroxylation sites is 2. The Hall–Kier alpha value is -10.8. The van der Waals surface area contributed by atoms with Gasteiger partial charge >= 0.3 is 0 Å². The van der Waals surface area contributed by atoms with Gasteiger partial charge in [-0.1, -0.05) is 228 Å². The number of hydrogen-bond acceptors (Lipinski definition) is 4. The fourth-order valence-corrected chi connectivity index (χ4v) is 15.4. The molecule has 0 saturated heterocycles. The molecular formula is C82H56N2O2. The van der Waals surface area contributed by atoms with Crippen LogP contribution in [0.1, 0.15) is 106 Å². The van der Waals surface area contributed by atoms with Gasteiger partial charge in [-0.05, 0) is 156 Å². The summed E-state index contributed by atoms with van der Waals surface area (Å²) in [5.74, 6) is 3.24. The summed E-state index contributed by atoms with van der Waals surface area (Å²) in [4.78, 5) is 0. The molecule has 0 bridgehead atoms. The van der Waals surface area contributed by atoms with Crippen LogP contribution in [-0.2, 0) is 21.7 Å². The van der Waals surface area contributed by atoms with Crippen LogP contribution in [0, 0.1) is 22.7 Å². The fraction of sp³-hybridized carbons (Fsp3) is 0.0976. The Morgan fingerprint density at radius 1 is 0.256 bits per heavy atom. The maximum absolute atomic E-state index is 9.88. The van der Waals surface area contributed by atoms with Crippen molar-refractivity contribution in [1.82, 2.24) is 0 Å². The molecule has 0 atom stereocenters. The molecule has 0 aromatic heterocycles. The van der Waals surface area contributed by atoms with Crippen LogP contribution in [0.25, 0.3) is 55.6 Å². The lowest BCUT2D eigenvalue weighted by atomic mass is 9.53. The first-order valence-electron chi connectivity index (χ1n) is 29.6. The minimum atomic E-state index is -0.834. The number of fused-ring (bicyclic) bond motifs is 16. The van der Waals surface area contributed by atoms with Crippen LogP contribution >= 0.6 is 0 Å². The van der Waals surface area contributed by atoms with E-state index >= 15 is 0 Å². The summed E-state index contributed by atoms with van der Waals surface area (Å²) in [7, 11) is 0. The first kappa shape index (κ1) is 50.9. The molecule has 16 rings (SSSR count). The first-order chi connectivity index (χ1) is 42.0. The average molecular weight is 1100 g/mol. The molecule has 86 heavy (non-hydrogen) atoms. The number of rotatable bonds is 5. The van der Waals surface area contributed by atoms with Crippen molar-refractivity contribution in [2.45, 2.75) is 49.4 Å². The Balaban J connectivity index is 0.988. The van der Waals surface area contributed by atoms with Gasteiger partial charge in [0.15, 0.2) is 0 Å². The predicted octanol–water partition coefficient (Wildman–Crippen LogP) is 20.0. The van der Waals surface area contributed by atoms with Crippen LogP contribution in [0.2, 0.25) is 0 Å². The molecule has 0 saturated carbocycles. The summed E-state index contributed by atoms with van der Waals surface area (Å²) >= 11 is 0. The summed E-state index contributed by atoms with van der Waals surface area (Å²) in [6.07, 6.45) is 0. The maximum Gasteiger partial charge on any atom is 0.140 e. The molecule has 2 aliphatic carbocycles. The van der Waals surface area contributed by atoms with Crippen LogP contribution in [0.15, 0.2) is 267 Å². The van der Waals surface area contributed by atoms with E-state index < -0.39 is 10.8 Å². The molecule has 12 aromatic rings. The van der Waals surface area contributed by atoms with Crippen molar-refractivity contribution in [2.24, 2.45) is 0 Å². The van der Waals surface area contributed by atoms with Gasteiger partial charge in [0.2, 0.25) is 0 Å². The van der Waals surface area contributed by atoms with Gasteiger partial charge in [0.1, 0.15) is 23.0 Å². The molecule has 2 spiro atoms. The SMILES string of the molecule is CC1(C)c2ccccc2C2(c3cc(-c4cc(-c5cccc(-c6ccc(C#N)cc6)c5)c5c(c4)C4(c6ccccc6O5)c5ccccc5C(C)(C)c5ccccc54)ccc3Oc3c(-c4cccc(-c5cccc(C#N)c5)c4)cccc32)c2ccccc21. The zero-order chi connectivity index (χ0) is 58.1. The van der Waals surface area contributed by atoms with E-state index in [0.29, 0.717) is 11.1 Å². The molecule has 2 heterocycles. The Morgan fingerprint density at radius 2 is 0.651 bits per heavy atom. The molecule has 4 heteroatoms. The zero-order valence-electron chi connectivity index (χ0n) is 48.1. The van der Waals surface area contributed by atoms with Gasteiger partial charge in [-0.25, -0.2) is 0 Å². The van der Waals surface area contributed by atoms with Crippen molar-refractivity contribution in [1.29, 1.82) is 10.5 Å². The number of benzene rings is 12. The van der Waals surface area contributed by atoms with E-state index in [9.17, 15) is 10.5 Å². The maximum atomic E-state index is 9.88. The highest BCUT2D eigenvalue weighted by atomic mass is 16.5. The second-order valence-corrected chi connectivity index (χ2v) is 24.5. The van der Waals surface area contributed by atoms with Crippen molar-refractivity contribution in [3.05, 3.63) is 345 Å². The zero-order valence-corrected chi connectivity index (χ0v) is 48.1. The molecule has 0 fully saturated rings. The predicted molar refractivity (Wildman–Crippen MR) is 344 cm³/mol. The molecule has 4 aliphatic rings. The smallest absolute Gasteiger partial charge is 0.140 e. The lowest BCUT2D eigenvalue weighted by molar-refractivity contribution is 0.426. The second-order valence-electron chi connectivity index (χ2n) is 24.5. The van der Waals surface area contributed by atoms with Crippen molar-refractivity contribution < 1.29 is 9.47 Å². The van der Waals surface area contributed by atoms with E-state index in [1.54, 1.807) is 0 Å². The molecule has 2 aliphatic heterocycles. The van der Waals surface area contributed by atoms with Crippen LogP contribution in [0.4, 0.5) is 0 Å². The molecule has 0 unspecified atom stereocenters. The topological polar surface area (TPSA) is 66.0 Å².